The summed E-state index contributed by atoms with van der Waals surface area (Å²) in [7, 11) is -2.78. The Morgan fingerprint density at radius 2 is 1.05 bits per heavy atom. The molecule has 1 heterocycles. The van der Waals surface area contributed by atoms with E-state index in [4.69, 9.17) is 0 Å². The van der Waals surface area contributed by atoms with Crippen molar-refractivity contribution in [2.45, 2.75) is 37.3 Å². The Morgan fingerprint density at radius 3 is 1.52 bits per heavy atom. The van der Waals surface area contributed by atoms with E-state index in [1.165, 1.54) is 36.4 Å². The van der Waals surface area contributed by atoms with Gasteiger partial charge in [-0.25, -0.2) is 0 Å². The van der Waals surface area contributed by atoms with Crippen LogP contribution >= 0.6 is 7.14 Å². The third-order valence-electron chi connectivity index (χ3n) is 10.5. The number of carbonyl (C=O) groups is 1. The number of hydrogen-bond donors (Lipinski definition) is 1. The molecule has 1 N–H and O–H groups in total. The zero-order chi connectivity index (χ0) is 42.5. The maximum Gasteiger partial charge on any atom is 0.460 e. The second-order valence-corrected chi connectivity index (χ2v) is 17.1. The standard InChI is InChI=1S/C28H18F7NO3.C18H15OP.Eu/c1-25(2)18-11-7-6-10-15(18)16-13-20-17(12-19(16)25)22(37)21(24(39)36(20)14-8-4-3-5-9-14)23(38)26(29,30)27(31,32)28(33,34)35;19-20(16-10-4-1-5-11-16,17-12-6-2-7-13-17)18-14-8-3-9-15-18;/h3-13,37H,1-2H3;1-15H;. The Hall–Kier alpha value is -4.68. The Morgan fingerprint density at radius 1 is 0.617 bits per heavy atom. The molecule has 0 aliphatic heterocycles. The molecule has 1 radical (unpaired) electrons. The van der Waals surface area contributed by atoms with Gasteiger partial charge in [0.1, 0.15) is 11.3 Å². The number of rotatable bonds is 7. The van der Waals surface area contributed by atoms with E-state index in [2.05, 4.69) is 0 Å². The molecule has 0 amide bonds. The summed E-state index contributed by atoms with van der Waals surface area (Å²) in [5.74, 6) is -17.8. The van der Waals surface area contributed by atoms with Crippen LogP contribution in [0.5, 0.6) is 5.75 Å². The van der Waals surface area contributed by atoms with Crippen LogP contribution in [0.4, 0.5) is 30.7 Å². The Bertz CT molecular complexity index is 2710. The van der Waals surface area contributed by atoms with Crippen LogP contribution in [0, 0.1) is 49.4 Å². The van der Waals surface area contributed by atoms with E-state index in [1.807, 2.05) is 117 Å². The van der Waals surface area contributed by atoms with Crippen molar-refractivity contribution in [1.82, 2.24) is 4.57 Å². The van der Waals surface area contributed by atoms with Crippen molar-refractivity contribution >= 4 is 39.7 Å². The molecule has 1 aliphatic rings. The number of benzene rings is 6. The molecule has 307 valence electrons. The fourth-order valence-electron chi connectivity index (χ4n) is 7.44. The van der Waals surface area contributed by atoms with E-state index in [1.54, 1.807) is 18.2 Å². The molecule has 6 aromatic carbocycles. The first-order chi connectivity index (χ1) is 27.8. The van der Waals surface area contributed by atoms with Crippen molar-refractivity contribution in [2.24, 2.45) is 0 Å². The summed E-state index contributed by atoms with van der Waals surface area (Å²) in [5, 5.41) is 13.2. The van der Waals surface area contributed by atoms with Crippen LogP contribution in [0.25, 0.3) is 27.7 Å². The largest absolute Gasteiger partial charge is 0.506 e. The van der Waals surface area contributed by atoms with Gasteiger partial charge in [0.15, 0.2) is 7.14 Å². The first-order valence-corrected chi connectivity index (χ1v) is 19.8. The monoisotopic (exact) mass is 980 g/mol. The van der Waals surface area contributed by atoms with E-state index >= 15 is 0 Å². The van der Waals surface area contributed by atoms with Gasteiger partial charge in [-0.15, -0.1) is 0 Å². The van der Waals surface area contributed by atoms with Crippen LogP contribution < -0.4 is 21.5 Å². The van der Waals surface area contributed by atoms with Crippen molar-refractivity contribution in [1.29, 1.82) is 0 Å². The molecule has 0 bridgehead atoms. The van der Waals surface area contributed by atoms with E-state index in [-0.39, 0.29) is 66.0 Å². The first-order valence-electron chi connectivity index (χ1n) is 18.1. The molecule has 0 unspecified atom stereocenters. The average Bonchev–Trinajstić information content (AvgIpc) is 3.46. The number of halogens is 7. The van der Waals surface area contributed by atoms with E-state index in [0.29, 0.717) is 11.1 Å². The number of aromatic hydroxyl groups is 1. The normalized spacial score (nSPS) is 13.3. The average molecular weight is 980 g/mol. The smallest absolute Gasteiger partial charge is 0.460 e. The van der Waals surface area contributed by atoms with Gasteiger partial charge in [0.25, 0.3) is 5.56 Å². The SMILES string of the molecule is CC1(C)c2ccccc2-c2cc3c(cc21)c(O)c(C(=O)C(F)(F)C(F)(F)C(F)(F)F)c(=O)n3-c1ccccc1.O=P(c1ccccc1)(c1ccccc1)c1ccccc1.[Eu]. The van der Waals surface area contributed by atoms with Gasteiger partial charge in [0.2, 0.25) is 5.78 Å². The molecular weight excluding hydrogens is 946 g/mol. The zero-order valence-corrected chi connectivity index (χ0v) is 34.9. The Kier molecular flexibility index (Phi) is 12.4. The van der Waals surface area contributed by atoms with Crippen LogP contribution in [0.1, 0.15) is 35.3 Å². The molecule has 60 heavy (non-hydrogen) atoms. The molecule has 5 nitrogen and oxygen atoms in total. The molecule has 1 aliphatic carbocycles. The maximum absolute atomic E-state index is 14.5. The minimum absolute atomic E-state index is 0. The molecule has 7 aromatic rings. The number of ketones is 1. The van der Waals surface area contributed by atoms with Crippen LogP contribution in [0.15, 0.2) is 163 Å². The van der Waals surface area contributed by atoms with Gasteiger partial charge in [-0.3, -0.25) is 14.2 Å². The first kappa shape index (κ1) is 44.9. The molecule has 1 aromatic heterocycles. The number of Topliss-reactive ketones (excluding diaryl/α,β-unsaturated/α-hetero) is 1. The number of hydrogen-bond acceptors (Lipinski definition) is 4. The van der Waals surface area contributed by atoms with Crippen molar-refractivity contribution in [3.05, 3.63) is 185 Å². The summed E-state index contributed by atoms with van der Waals surface area (Å²) in [6.45, 7) is 3.66. The molecule has 0 saturated heterocycles. The third-order valence-corrected chi connectivity index (χ3v) is 13.6. The summed E-state index contributed by atoms with van der Waals surface area (Å²) in [5.41, 5.74) is -1.53. The molecule has 8 rings (SSSR count). The molecule has 0 fully saturated rings. The minimum Gasteiger partial charge on any atom is -0.506 e. The summed E-state index contributed by atoms with van der Waals surface area (Å²) in [6.07, 6.45) is -6.81. The molecule has 14 heteroatoms. The van der Waals surface area contributed by atoms with E-state index in [9.17, 15) is 50.0 Å². The third kappa shape index (κ3) is 7.41. The predicted molar refractivity (Wildman–Crippen MR) is 215 cm³/mol. The quantitative estimate of drug-likeness (QED) is 0.0981. The second kappa shape index (κ2) is 16.6. The number of nitrogens with zero attached hydrogens (tertiary/aromatic N) is 1. The van der Waals surface area contributed by atoms with Crippen molar-refractivity contribution in [3.63, 3.8) is 0 Å². The van der Waals surface area contributed by atoms with Crippen molar-refractivity contribution in [3.8, 4) is 22.6 Å². The van der Waals surface area contributed by atoms with Gasteiger partial charge < -0.3 is 9.67 Å². The number of aromatic nitrogens is 1. The molecular formula is C46H33EuF7NO4P. The van der Waals surface area contributed by atoms with Gasteiger partial charge in [-0.05, 0) is 46.5 Å². The van der Waals surface area contributed by atoms with Gasteiger partial charge in [0, 0.05) is 81.8 Å². The van der Waals surface area contributed by atoms with Gasteiger partial charge >= 0.3 is 18.0 Å². The van der Waals surface area contributed by atoms with Gasteiger partial charge in [0.05, 0.1) is 5.52 Å². The molecule has 0 saturated carbocycles. The molecule has 0 spiro atoms. The fraction of sp³-hybridized carbons (Fsp3) is 0.130. The van der Waals surface area contributed by atoms with Crippen LogP contribution in [0.2, 0.25) is 0 Å². The van der Waals surface area contributed by atoms with E-state index in [0.717, 1.165) is 31.6 Å². The van der Waals surface area contributed by atoms with Crippen molar-refractivity contribution < 1.29 is 94.6 Å². The van der Waals surface area contributed by atoms with Crippen LogP contribution in [-0.2, 0) is 9.98 Å². The number of pyridine rings is 1. The summed E-state index contributed by atoms with van der Waals surface area (Å²) < 4.78 is 110. The van der Waals surface area contributed by atoms with Gasteiger partial charge in [-0.2, -0.15) is 30.7 Å². The fourth-order valence-corrected chi connectivity index (χ4v) is 10.1. The number of para-hydroxylation sites is 1. The number of fused-ring (bicyclic) bond motifs is 4. The molecule has 0 atom stereocenters. The summed E-state index contributed by atoms with van der Waals surface area (Å²) >= 11 is 0. The summed E-state index contributed by atoms with van der Waals surface area (Å²) in [4.78, 5) is 26.1. The van der Waals surface area contributed by atoms with Gasteiger partial charge in [-0.1, -0.05) is 147 Å². The minimum atomic E-state index is -6.82. The van der Waals surface area contributed by atoms with Crippen molar-refractivity contribution in [2.75, 3.05) is 0 Å². The van der Waals surface area contributed by atoms with Crippen LogP contribution in [-0.4, -0.2) is 33.5 Å². The Labute approximate surface area is 380 Å². The predicted octanol–water partition coefficient (Wildman–Crippen LogP) is 10.3. The zero-order valence-electron chi connectivity index (χ0n) is 31.6. The number of alkyl halides is 7. The van der Waals surface area contributed by atoms with Crippen LogP contribution in [0.3, 0.4) is 0 Å². The maximum atomic E-state index is 14.5. The topological polar surface area (TPSA) is 76.4 Å². The van der Waals surface area contributed by atoms with E-state index < -0.39 is 53.2 Å². The number of carbonyl (C=O) groups excluding carboxylic acids is 1. The Balaban J connectivity index is 0.000000241. The second-order valence-electron chi connectivity index (χ2n) is 14.4. The summed E-state index contributed by atoms with van der Waals surface area (Å²) in [6, 6.07) is 46.4.